The Labute approximate surface area is 89.5 Å². The van der Waals surface area contributed by atoms with Crippen LogP contribution in [0.15, 0.2) is 6.07 Å². The minimum absolute atomic E-state index is 0.128. The number of nitro groups is 1. The topological polar surface area (TPSA) is 79.8 Å². The third kappa shape index (κ3) is 2.28. The smallest absolute Gasteiger partial charge is 0.358 e. The van der Waals surface area contributed by atoms with Crippen LogP contribution in [0.2, 0.25) is 0 Å². The fourth-order valence-electron chi connectivity index (χ4n) is 1.31. The molecule has 0 saturated carbocycles. The van der Waals surface area contributed by atoms with Gasteiger partial charge in [0.15, 0.2) is 5.69 Å². The van der Waals surface area contributed by atoms with Gasteiger partial charge in [-0.05, 0) is 16.0 Å². The van der Waals surface area contributed by atoms with E-state index in [-0.39, 0.29) is 11.3 Å². The number of alkyl halides is 2. The summed E-state index contributed by atoms with van der Waals surface area (Å²) in [7, 11) is 0. The van der Waals surface area contributed by atoms with E-state index in [0.29, 0.717) is 0 Å². The third-order valence-electron chi connectivity index (χ3n) is 1.93. The van der Waals surface area contributed by atoms with Crippen molar-refractivity contribution in [1.82, 2.24) is 4.98 Å². The van der Waals surface area contributed by atoms with Crippen LogP contribution < -0.4 is 0 Å². The normalized spacial score (nSPS) is 10.2. The monoisotopic (exact) mass is 227 g/mol. The van der Waals surface area contributed by atoms with Crippen LogP contribution in [0.5, 0.6) is 0 Å². The van der Waals surface area contributed by atoms with Gasteiger partial charge in [0.25, 0.3) is 6.43 Å². The molecule has 0 aliphatic rings. The molecule has 1 aromatic heterocycles. The number of hydrogen-bond donors (Lipinski definition) is 0. The molecule has 0 aliphatic heterocycles. The van der Waals surface area contributed by atoms with Gasteiger partial charge in [-0.15, -0.1) is 0 Å². The second kappa shape index (κ2) is 4.61. The number of rotatable bonds is 3. The highest BCUT2D eigenvalue weighted by Crippen LogP contribution is 2.29. The zero-order chi connectivity index (χ0) is 12.3. The maximum atomic E-state index is 12.6. The lowest BCUT2D eigenvalue weighted by atomic mass is 10.1. The van der Waals surface area contributed by atoms with Crippen LogP contribution in [0, 0.1) is 28.4 Å². The highest BCUT2D eigenvalue weighted by molar-refractivity contribution is 5.43. The van der Waals surface area contributed by atoms with Gasteiger partial charge < -0.3 is 10.1 Å². The molecular weight excluding hydrogens is 220 g/mol. The second-order valence-electron chi connectivity index (χ2n) is 3.05. The van der Waals surface area contributed by atoms with Crippen molar-refractivity contribution in [2.75, 3.05) is 0 Å². The summed E-state index contributed by atoms with van der Waals surface area (Å²) in [4.78, 5) is 13.3. The number of halogens is 2. The van der Waals surface area contributed by atoms with E-state index < -0.39 is 29.2 Å². The molecule has 0 fully saturated rings. The molecule has 5 nitrogen and oxygen atoms in total. The zero-order valence-electron chi connectivity index (χ0n) is 8.28. The van der Waals surface area contributed by atoms with Gasteiger partial charge >= 0.3 is 5.82 Å². The molecule has 0 saturated heterocycles. The van der Waals surface area contributed by atoms with Crippen molar-refractivity contribution >= 4 is 5.82 Å². The van der Waals surface area contributed by atoms with Gasteiger partial charge in [0.2, 0.25) is 0 Å². The Morgan fingerprint density at radius 3 is 2.75 bits per heavy atom. The Balaban J connectivity index is 3.48. The summed E-state index contributed by atoms with van der Waals surface area (Å²) in [6, 6.07) is 2.68. The molecule has 0 unspecified atom stereocenters. The first-order valence-electron chi connectivity index (χ1n) is 4.27. The van der Waals surface area contributed by atoms with Crippen LogP contribution in [-0.4, -0.2) is 9.91 Å². The average molecular weight is 227 g/mol. The lowest BCUT2D eigenvalue weighted by Crippen LogP contribution is -2.04. The van der Waals surface area contributed by atoms with E-state index in [0.717, 1.165) is 6.07 Å². The molecule has 7 heteroatoms. The highest BCUT2D eigenvalue weighted by Gasteiger charge is 2.25. The fraction of sp³-hybridized carbons (Fsp3) is 0.333. The number of hydrogen-bond acceptors (Lipinski definition) is 4. The highest BCUT2D eigenvalue weighted by atomic mass is 19.3. The average Bonchev–Trinajstić information content (AvgIpc) is 2.19. The maximum Gasteiger partial charge on any atom is 0.368 e. The first-order valence-corrected chi connectivity index (χ1v) is 4.27. The standard InChI is InChI=1S/C9H7F2N3O2/c1-5-4-7(8(10)11)6(2-3-12)9(13-5)14(15)16/h4,8H,2H2,1H3. The summed E-state index contributed by atoms with van der Waals surface area (Å²) in [5, 5.41) is 19.1. The summed E-state index contributed by atoms with van der Waals surface area (Å²) in [5.74, 6) is -0.670. The predicted octanol–water partition coefficient (Wildman–Crippen LogP) is 2.30. The molecule has 84 valence electrons. The van der Waals surface area contributed by atoms with Gasteiger partial charge in [-0.2, -0.15) is 5.26 Å². The van der Waals surface area contributed by atoms with E-state index in [2.05, 4.69) is 4.98 Å². The SMILES string of the molecule is Cc1cc(C(F)F)c(CC#N)c([N+](=O)[O-])n1. The third-order valence-corrected chi connectivity index (χ3v) is 1.93. The van der Waals surface area contributed by atoms with Gasteiger partial charge in [-0.25, -0.2) is 8.78 Å². The van der Waals surface area contributed by atoms with Crippen molar-refractivity contribution in [1.29, 1.82) is 5.26 Å². The number of aromatic nitrogens is 1. The Bertz CT molecular complexity index is 469. The van der Waals surface area contributed by atoms with E-state index in [1.54, 1.807) is 6.07 Å². The summed E-state index contributed by atoms with van der Waals surface area (Å²) >= 11 is 0. The van der Waals surface area contributed by atoms with Crippen molar-refractivity contribution in [3.8, 4) is 6.07 Å². The summed E-state index contributed by atoms with van der Waals surface area (Å²) < 4.78 is 25.2. The Kier molecular flexibility index (Phi) is 3.45. The van der Waals surface area contributed by atoms with Crippen molar-refractivity contribution in [2.45, 2.75) is 19.8 Å². The first-order chi connectivity index (χ1) is 7.47. The minimum atomic E-state index is -2.86. The van der Waals surface area contributed by atoms with Crippen LogP contribution in [-0.2, 0) is 6.42 Å². The lowest BCUT2D eigenvalue weighted by Gasteiger charge is -2.06. The summed E-state index contributed by atoms with van der Waals surface area (Å²) in [6.45, 7) is 1.38. The molecule has 0 aliphatic carbocycles. The number of nitriles is 1. The summed E-state index contributed by atoms with van der Waals surface area (Å²) in [6.07, 6.45) is -3.31. The first kappa shape index (κ1) is 12.0. The molecular formula is C9H7F2N3O2. The number of nitrogens with zero attached hydrogens (tertiary/aromatic N) is 3. The van der Waals surface area contributed by atoms with Crippen molar-refractivity contribution in [3.63, 3.8) is 0 Å². The molecule has 16 heavy (non-hydrogen) atoms. The van der Waals surface area contributed by atoms with Gasteiger partial charge in [0.05, 0.1) is 18.1 Å². The van der Waals surface area contributed by atoms with Crippen LogP contribution in [0.3, 0.4) is 0 Å². The Hall–Kier alpha value is -2.10. The minimum Gasteiger partial charge on any atom is -0.358 e. The van der Waals surface area contributed by atoms with Crippen molar-refractivity contribution < 1.29 is 13.7 Å². The van der Waals surface area contributed by atoms with Crippen LogP contribution in [0.1, 0.15) is 23.2 Å². The molecule has 0 bridgehead atoms. The van der Waals surface area contributed by atoms with E-state index in [1.165, 1.54) is 6.92 Å². The molecule has 1 rings (SSSR count). The largest absolute Gasteiger partial charge is 0.368 e. The summed E-state index contributed by atoms with van der Waals surface area (Å²) in [5.41, 5.74) is -0.683. The van der Waals surface area contributed by atoms with Gasteiger partial charge in [0, 0.05) is 12.5 Å². The quantitative estimate of drug-likeness (QED) is 0.586. The molecule has 0 amide bonds. The molecule has 0 atom stereocenters. The Morgan fingerprint density at radius 2 is 2.31 bits per heavy atom. The lowest BCUT2D eigenvalue weighted by molar-refractivity contribution is -0.390. The zero-order valence-corrected chi connectivity index (χ0v) is 8.28. The maximum absolute atomic E-state index is 12.6. The molecule has 0 radical (unpaired) electrons. The van der Waals surface area contributed by atoms with Crippen LogP contribution in [0.25, 0.3) is 0 Å². The Morgan fingerprint density at radius 1 is 1.69 bits per heavy atom. The van der Waals surface area contributed by atoms with E-state index in [4.69, 9.17) is 5.26 Å². The fourth-order valence-corrected chi connectivity index (χ4v) is 1.31. The number of pyridine rings is 1. The van der Waals surface area contributed by atoms with E-state index in [9.17, 15) is 18.9 Å². The molecule has 0 spiro atoms. The number of aryl methyl sites for hydroxylation is 1. The van der Waals surface area contributed by atoms with Crippen molar-refractivity contribution in [2.24, 2.45) is 0 Å². The molecule has 0 aromatic carbocycles. The van der Waals surface area contributed by atoms with Crippen molar-refractivity contribution in [3.05, 3.63) is 33.0 Å². The van der Waals surface area contributed by atoms with Crippen LogP contribution >= 0.6 is 0 Å². The van der Waals surface area contributed by atoms with Gasteiger partial charge in [-0.3, -0.25) is 0 Å². The van der Waals surface area contributed by atoms with E-state index >= 15 is 0 Å². The molecule has 0 N–H and O–H groups in total. The molecule has 1 aromatic rings. The van der Waals surface area contributed by atoms with Gasteiger partial charge in [0.1, 0.15) is 0 Å². The van der Waals surface area contributed by atoms with E-state index in [1.807, 2.05) is 0 Å². The predicted molar refractivity (Wildman–Crippen MR) is 49.9 cm³/mol. The van der Waals surface area contributed by atoms with Crippen LogP contribution in [0.4, 0.5) is 14.6 Å². The molecule has 1 heterocycles. The second-order valence-corrected chi connectivity index (χ2v) is 3.05. The van der Waals surface area contributed by atoms with Gasteiger partial charge in [-0.1, -0.05) is 0 Å².